The minimum absolute atomic E-state index is 0.0673. The van der Waals surface area contributed by atoms with Gasteiger partial charge in [-0.1, -0.05) is 11.8 Å². The van der Waals surface area contributed by atoms with E-state index in [0.29, 0.717) is 25.5 Å². The molecule has 2 fully saturated rings. The Hall–Kier alpha value is -1.85. The van der Waals surface area contributed by atoms with Gasteiger partial charge in [0.25, 0.3) is 17.1 Å². The Labute approximate surface area is 146 Å². The van der Waals surface area contributed by atoms with Crippen molar-refractivity contribution in [1.82, 2.24) is 20.7 Å². The zero-order valence-corrected chi connectivity index (χ0v) is 14.5. The number of morpholine rings is 1. The molecule has 0 radical (unpaired) electrons. The van der Waals surface area contributed by atoms with E-state index in [2.05, 4.69) is 20.7 Å². The van der Waals surface area contributed by atoms with Crippen LogP contribution in [0.5, 0.6) is 0 Å². The molecule has 11 heteroatoms. The van der Waals surface area contributed by atoms with Gasteiger partial charge in [-0.15, -0.1) is 11.3 Å². The van der Waals surface area contributed by atoms with Crippen molar-refractivity contribution in [3.8, 4) is 0 Å². The summed E-state index contributed by atoms with van der Waals surface area (Å²) < 4.78 is 5.28. The van der Waals surface area contributed by atoms with Crippen LogP contribution in [0.2, 0.25) is 0 Å². The van der Waals surface area contributed by atoms with Crippen molar-refractivity contribution < 1.29 is 19.1 Å². The number of carbonyl (C=O) groups is 3. The molecule has 2 aliphatic heterocycles. The lowest BCUT2D eigenvalue weighted by atomic mass is 10.4. The zero-order chi connectivity index (χ0) is 16.9. The van der Waals surface area contributed by atoms with Crippen LogP contribution in [0.3, 0.4) is 0 Å². The largest absolute Gasteiger partial charge is 0.378 e. The number of thiazole rings is 1. The summed E-state index contributed by atoms with van der Waals surface area (Å²) in [5.41, 5.74) is 4.87. The summed E-state index contributed by atoms with van der Waals surface area (Å²) in [6.45, 7) is 3.25. The highest BCUT2D eigenvalue weighted by atomic mass is 32.2. The molecule has 2 saturated heterocycles. The number of carbonyl (C=O) groups excluding carboxylic acids is 3. The number of hydrazine groups is 1. The molecule has 0 saturated carbocycles. The van der Waals surface area contributed by atoms with Crippen LogP contribution < -0.4 is 15.8 Å². The highest BCUT2D eigenvalue weighted by Gasteiger charge is 2.23. The summed E-state index contributed by atoms with van der Waals surface area (Å²) in [6.07, 6.45) is 0. The zero-order valence-electron chi connectivity index (χ0n) is 12.8. The first-order valence-corrected chi connectivity index (χ1v) is 9.29. The first-order chi connectivity index (χ1) is 11.6. The SMILES string of the molecule is O=C(CN1CCSC1=O)NNC(=O)c1csc(N2CCOCC2)n1. The van der Waals surface area contributed by atoms with Gasteiger partial charge in [0, 0.05) is 30.8 Å². The van der Waals surface area contributed by atoms with Crippen LogP contribution in [0, 0.1) is 0 Å². The lowest BCUT2D eigenvalue weighted by molar-refractivity contribution is -0.122. The maximum Gasteiger partial charge on any atom is 0.289 e. The molecule has 0 aliphatic carbocycles. The molecule has 0 bridgehead atoms. The molecule has 1 aromatic heterocycles. The lowest BCUT2D eigenvalue weighted by Gasteiger charge is -2.25. The van der Waals surface area contributed by atoms with Gasteiger partial charge in [-0.05, 0) is 0 Å². The third kappa shape index (κ3) is 4.16. The lowest BCUT2D eigenvalue weighted by Crippen LogP contribution is -2.46. The summed E-state index contributed by atoms with van der Waals surface area (Å²) in [5.74, 6) is -0.245. The topological polar surface area (TPSA) is 104 Å². The summed E-state index contributed by atoms with van der Waals surface area (Å²) >= 11 is 2.56. The van der Waals surface area contributed by atoms with E-state index in [0.717, 1.165) is 18.2 Å². The van der Waals surface area contributed by atoms with Crippen molar-refractivity contribution in [3.63, 3.8) is 0 Å². The fraction of sp³-hybridized carbons (Fsp3) is 0.538. The van der Waals surface area contributed by atoms with Crippen LogP contribution in [0.4, 0.5) is 9.93 Å². The van der Waals surface area contributed by atoms with Gasteiger partial charge in [-0.2, -0.15) is 0 Å². The molecule has 3 heterocycles. The summed E-state index contributed by atoms with van der Waals surface area (Å²) in [6, 6.07) is 0. The Morgan fingerprint density at radius 2 is 2.04 bits per heavy atom. The standard InChI is InChI=1S/C13H17N5O4S2/c19-10(7-18-3-6-23-13(18)21)15-16-11(20)9-8-24-12(14-9)17-1-4-22-5-2-17/h8H,1-7H2,(H,15,19)(H,16,20). The van der Waals surface area contributed by atoms with Crippen molar-refractivity contribution in [2.24, 2.45) is 0 Å². The average molecular weight is 371 g/mol. The third-order valence-corrected chi connectivity index (χ3v) is 5.29. The first kappa shape index (κ1) is 17.0. The van der Waals surface area contributed by atoms with Crippen LogP contribution in [0.15, 0.2) is 5.38 Å². The first-order valence-electron chi connectivity index (χ1n) is 7.42. The third-order valence-electron chi connectivity index (χ3n) is 3.50. The summed E-state index contributed by atoms with van der Waals surface area (Å²) in [7, 11) is 0. The Bertz CT molecular complexity index is 632. The Kier molecular flexibility index (Phi) is 5.53. The van der Waals surface area contributed by atoms with Crippen LogP contribution in [-0.4, -0.2) is 72.1 Å². The summed E-state index contributed by atoms with van der Waals surface area (Å²) in [5, 5.41) is 2.29. The maximum absolute atomic E-state index is 12.0. The van der Waals surface area contributed by atoms with E-state index in [4.69, 9.17) is 4.74 Å². The normalized spacial score (nSPS) is 17.9. The van der Waals surface area contributed by atoms with Gasteiger partial charge in [-0.3, -0.25) is 25.2 Å². The molecule has 2 N–H and O–H groups in total. The highest BCUT2D eigenvalue weighted by Crippen LogP contribution is 2.21. The molecule has 3 rings (SSSR count). The van der Waals surface area contributed by atoms with Crippen molar-refractivity contribution in [2.75, 3.05) is 50.0 Å². The number of hydrogen-bond acceptors (Lipinski definition) is 8. The number of ether oxygens (including phenoxy) is 1. The van der Waals surface area contributed by atoms with Crippen LogP contribution in [0.25, 0.3) is 0 Å². The number of amides is 3. The van der Waals surface area contributed by atoms with Gasteiger partial charge in [-0.25, -0.2) is 4.98 Å². The second-order valence-corrected chi connectivity index (χ2v) is 7.04. The predicted octanol–water partition coefficient (Wildman–Crippen LogP) is -0.0905. The van der Waals surface area contributed by atoms with Crippen molar-refractivity contribution in [2.45, 2.75) is 0 Å². The Morgan fingerprint density at radius 1 is 1.25 bits per heavy atom. The average Bonchev–Trinajstić information content (AvgIpc) is 3.23. The van der Waals surface area contributed by atoms with E-state index >= 15 is 0 Å². The number of nitrogens with zero attached hydrogens (tertiary/aromatic N) is 3. The molecule has 0 spiro atoms. The summed E-state index contributed by atoms with van der Waals surface area (Å²) in [4.78, 5) is 43.0. The highest BCUT2D eigenvalue weighted by molar-refractivity contribution is 8.13. The van der Waals surface area contributed by atoms with Crippen molar-refractivity contribution >= 4 is 45.3 Å². The number of rotatable bonds is 4. The number of anilines is 1. The Morgan fingerprint density at radius 3 is 2.75 bits per heavy atom. The number of aromatic nitrogens is 1. The monoisotopic (exact) mass is 371 g/mol. The second-order valence-electron chi connectivity index (χ2n) is 5.15. The molecule has 2 aliphatic rings. The van der Waals surface area contributed by atoms with Gasteiger partial charge in [0.1, 0.15) is 12.2 Å². The van der Waals surface area contributed by atoms with E-state index in [1.54, 1.807) is 5.38 Å². The molecular weight excluding hydrogens is 354 g/mol. The van der Waals surface area contributed by atoms with E-state index in [1.807, 2.05) is 0 Å². The molecule has 3 amide bonds. The number of hydrogen-bond donors (Lipinski definition) is 2. The smallest absolute Gasteiger partial charge is 0.289 e. The molecule has 0 atom stereocenters. The number of nitrogens with one attached hydrogen (secondary N) is 2. The minimum atomic E-state index is -0.485. The fourth-order valence-electron chi connectivity index (χ4n) is 2.24. The molecule has 0 unspecified atom stereocenters. The van der Waals surface area contributed by atoms with E-state index in [-0.39, 0.29) is 17.5 Å². The van der Waals surface area contributed by atoms with Crippen molar-refractivity contribution in [3.05, 3.63) is 11.1 Å². The van der Waals surface area contributed by atoms with Gasteiger partial charge < -0.3 is 14.5 Å². The van der Waals surface area contributed by atoms with E-state index < -0.39 is 11.8 Å². The van der Waals surface area contributed by atoms with Gasteiger partial charge in [0.2, 0.25) is 0 Å². The van der Waals surface area contributed by atoms with Gasteiger partial charge in [0.15, 0.2) is 5.13 Å². The molecule has 1 aromatic rings. The maximum atomic E-state index is 12.0. The Balaban J connectivity index is 1.47. The molecular formula is C13H17N5O4S2. The van der Waals surface area contributed by atoms with Crippen molar-refractivity contribution in [1.29, 1.82) is 0 Å². The number of thioether (sulfide) groups is 1. The van der Waals surface area contributed by atoms with E-state index in [1.165, 1.54) is 28.0 Å². The second kappa shape index (κ2) is 7.81. The van der Waals surface area contributed by atoms with Gasteiger partial charge in [0.05, 0.1) is 13.2 Å². The van der Waals surface area contributed by atoms with Crippen LogP contribution in [0.1, 0.15) is 10.5 Å². The van der Waals surface area contributed by atoms with Crippen LogP contribution >= 0.6 is 23.1 Å². The molecule has 130 valence electrons. The molecule has 9 nitrogen and oxygen atoms in total. The quantitative estimate of drug-likeness (QED) is 0.713. The minimum Gasteiger partial charge on any atom is -0.378 e. The molecule has 24 heavy (non-hydrogen) atoms. The van der Waals surface area contributed by atoms with Gasteiger partial charge >= 0.3 is 0 Å². The fourth-order valence-corrected chi connectivity index (χ4v) is 3.93. The predicted molar refractivity (Wildman–Crippen MR) is 90.2 cm³/mol. The van der Waals surface area contributed by atoms with Crippen LogP contribution in [-0.2, 0) is 9.53 Å². The molecule has 0 aromatic carbocycles. The van der Waals surface area contributed by atoms with E-state index in [9.17, 15) is 14.4 Å².